The molecule has 214 valence electrons. The zero-order chi connectivity index (χ0) is 29.1. The molecule has 4 aromatic rings. The minimum Gasteiger partial charge on any atom is -0.432 e. The van der Waals surface area contributed by atoms with Crippen molar-refractivity contribution in [3.63, 3.8) is 0 Å². The molecule has 0 spiro atoms. The van der Waals surface area contributed by atoms with Gasteiger partial charge < -0.3 is 14.7 Å². The number of urea groups is 1. The van der Waals surface area contributed by atoms with Gasteiger partial charge in [0.1, 0.15) is 24.5 Å². The first-order valence-electron chi connectivity index (χ1n) is 12.6. The van der Waals surface area contributed by atoms with Crippen molar-refractivity contribution in [2.75, 3.05) is 24.6 Å². The van der Waals surface area contributed by atoms with Crippen LogP contribution in [0.3, 0.4) is 0 Å². The lowest BCUT2D eigenvalue weighted by Crippen LogP contribution is -2.58. The van der Waals surface area contributed by atoms with Crippen molar-refractivity contribution in [1.29, 1.82) is 0 Å². The van der Waals surface area contributed by atoms with Crippen LogP contribution in [0, 0.1) is 11.6 Å². The predicted octanol–water partition coefficient (Wildman–Crippen LogP) is 1.23. The van der Waals surface area contributed by atoms with E-state index in [9.17, 15) is 19.1 Å². The van der Waals surface area contributed by atoms with Crippen molar-refractivity contribution in [3.05, 3.63) is 78.6 Å². The number of aliphatic hydroxyl groups is 1. The molecule has 16 heteroatoms. The van der Waals surface area contributed by atoms with Crippen LogP contribution in [0.1, 0.15) is 19.4 Å². The maximum Gasteiger partial charge on any atom is 0.551 e. The van der Waals surface area contributed by atoms with Crippen LogP contribution < -0.4 is 14.4 Å². The van der Waals surface area contributed by atoms with Gasteiger partial charge in [-0.15, -0.1) is 9.78 Å². The number of hydrogen-bond donors (Lipinski definition) is 1. The van der Waals surface area contributed by atoms with E-state index in [0.29, 0.717) is 24.0 Å². The molecule has 2 atom stereocenters. The first kappa shape index (κ1) is 27.6. The van der Waals surface area contributed by atoms with Gasteiger partial charge in [-0.25, -0.2) is 23.1 Å². The van der Waals surface area contributed by atoms with Crippen molar-refractivity contribution in [1.82, 2.24) is 34.9 Å². The standard InChI is InChI=1S/C25H26F2N9O5/c1-3-40-24(38)41-33-15-29-32(16-33)13-25(39,21-9-4-18(26)12-22(21)27)17(2)34-10-11-35(23(34)37)19-5-7-20(8-6-19)36-14-28-30-31-36/h4-9,12,14-17,39H,3,10-11,13H2,1-2H3/q+1/t17-,25-/m1/s1. The molecule has 1 fully saturated rings. The molecule has 0 unspecified atom stereocenters. The van der Waals surface area contributed by atoms with Crippen molar-refractivity contribution in [3.8, 4) is 5.69 Å². The van der Waals surface area contributed by atoms with E-state index in [0.717, 1.165) is 23.2 Å². The Morgan fingerprint density at radius 3 is 2.59 bits per heavy atom. The lowest BCUT2D eigenvalue weighted by atomic mass is 9.85. The fourth-order valence-electron chi connectivity index (χ4n) is 4.67. The highest BCUT2D eigenvalue weighted by Crippen LogP contribution is 2.34. The molecular formula is C25H26F2N9O5+. The highest BCUT2D eigenvalue weighted by atomic mass is 19.1. The van der Waals surface area contributed by atoms with E-state index < -0.39 is 35.5 Å². The van der Waals surface area contributed by atoms with Crippen LogP contribution in [0.25, 0.3) is 5.69 Å². The molecule has 0 bridgehead atoms. The summed E-state index contributed by atoms with van der Waals surface area (Å²) in [7, 11) is 0. The van der Waals surface area contributed by atoms with E-state index >= 15 is 4.39 Å². The summed E-state index contributed by atoms with van der Waals surface area (Å²) in [6.07, 6.45) is 2.85. The van der Waals surface area contributed by atoms with Gasteiger partial charge in [0.15, 0.2) is 5.60 Å². The van der Waals surface area contributed by atoms with Crippen LogP contribution >= 0.6 is 0 Å². The van der Waals surface area contributed by atoms with Crippen LogP contribution in [-0.2, 0) is 16.9 Å². The normalized spacial score (nSPS) is 15.6. The summed E-state index contributed by atoms with van der Waals surface area (Å²) in [6.45, 7) is 3.41. The molecular weight excluding hydrogens is 544 g/mol. The Balaban J connectivity index is 1.41. The predicted molar refractivity (Wildman–Crippen MR) is 134 cm³/mol. The third-order valence-electron chi connectivity index (χ3n) is 6.78. The number of rotatable bonds is 9. The topological polar surface area (TPSA) is 145 Å². The molecule has 41 heavy (non-hydrogen) atoms. The van der Waals surface area contributed by atoms with Crippen molar-refractivity contribution < 1.29 is 37.7 Å². The highest BCUT2D eigenvalue weighted by Gasteiger charge is 2.48. The summed E-state index contributed by atoms with van der Waals surface area (Å²) in [5.41, 5.74) is -1.03. The Kier molecular flexibility index (Phi) is 7.56. The minimum atomic E-state index is -2.08. The molecule has 0 saturated carbocycles. The largest absolute Gasteiger partial charge is 0.551 e. The van der Waals surface area contributed by atoms with E-state index in [-0.39, 0.29) is 25.3 Å². The van der Waals surface area contributed by atoms with E-state index in [1.54, 1.807) is 38.1 Å². The SMILES string of the molecule is CCOC(=O)On1cn[n+](C[C@](O)(c2ccc(F)cc2F)[C@@H](C)N2CCN(c3ccc(-n4cnnn4)cc3)C2=O)c1. The quantitative estimate of drug-likeness (QED) is 0.232. The molecule has 5 rings (SSSR count). The molecule has 1 aliphatic heterocycles. The van der Waals surface area contributed by atoms with E-state index in [1.807, 2.05) is 0 Å². The average Bonchev–Trinajstić information content (AvgIpc) is 3.70. The third kappa shape index (κ3) is 5.54. The second-order valence-electron chi connectivity index (χ2n) is 9.20. The molecule has 1 saturated heterocycles. The number of aromatic nitrogens is 7. The van der Waals surface area contributed by atoms with E-state index in [2.05, 4.69) is 20.6 Å². The Morgan fingerprint density at radius 1 is 1.15 bits per heavy atom. The maximum absolute atomic E-state index is 15.1. The number of nitrogens with zero attached hydrogens (tertiary/aromatic N) is 9. The zero-order valence-corrected chi connectivity index (χ0v) is 22.0. The maximum atomic E-state index is 15.1. The second-order valence-corrected chi connectivity index (χ2v) is 9.20. The summed E-state index contributed by atoms with van der Waals surface area (Å²) in [5.74, 6) is -1.82. The van der Waals surface area contributed by atoms with Gasteiger partial charge in [-0.2, -0.15) is 4.79 Å². The van der Waals surface area contributed by atoms with Crippen molar-refractivity contribution in [2.45, 2.75) is 32.0 Å². The van der Waals surface area contributed by atoms with Gasteiger partial charge in [-0.1, -0.05) is 6.07 Å². The number of halogens is 2. The monoisotopic (exact) mass is 570 g/mol. The van der Waals surface area contributed by atoms with Gasteiger partial charge in [0, 0.05) is 30.4 Å². The summed E-state index contributed by atoms with van der Waals surface area (Å²) in [5, 5.41) is 27.1. The Bertz CT molecular complexity index is 1530. The number of carbonyl (C=O) groups excluding carboxylic acids is 2. The lowest BCUT2D eigenvalue weighted by Gasteiger charge is -2.38. The minimum absolute atomic E-state index is 0.0962. The third-order valence-corrected chi connectivity index (χ3v) is 6.78. The molecule has 0 radical (unpaired) electrons. The first-order chi connectivity index (χ1) is 19.7. The van der Waals surface area contributed by atoms with Crippen LogP contribution in [0.2, 0.25) is 0 Å². The average molecular weight is 571 g/mol. The fourth-order valence-corrected chi connectivity index (χ4v) is 4.67. The summed E-state index contributed by atoms with van der Waals surface area (Å²) >= 11 is 0. The lowest BCUT2D eigenvalue weighted by molar-refractivity contribution is -0.766. The van der Waals surface area contributed by atoms with Gasteiger partial charge in [-0.3, -0.25) is 4.90 Å². The van der Waals surface area contributed by atoms with Gasteiger partial charge in [0.05, 0.1) is 18.3 Å². The van der Waals surface area contributed by atoms with Crippen LogP contribution in [0.15, 0.2) is 61.4 Å². The number of carbonyl (C=O) groups is 2. The van der Waals surface area contributed by atoms with Gasteiger partial charge in [0.2, 0.25) is 0 Å². The second kappa shape index (κ2) is 11.2. The number of anilines is 1. The molecule has 0 aliphatic carbocycles. The number of ether oxygens (including phenoxy) is 1. The van der Waals surface area contributed by atoms with Gasteiger partial charge in [-0.05, 0) is 64.4 Å². The number of benzene rings is 2. The molecule has 2 aromatic carbocycles. The van der Waals surface area contributed by atoms with E-state index in [4.69, 9.17) is 9.57 Å². The van der Waals surface area contributed by atoms with Crippen molar-refractivity contribution in [2.24, 2.45) is 0 Å². The molecule has 1 aliphatic rings. The number of amides is 2. The number of tetrazole rings is 1. The molecule has 1 N–H and O–H groups in total. The Labute approximate surface area is 231 Å². The molecule has 2 amide bonds. The van der Waals surface area contributed by atoms with Gasteiger partial charge in [0.25, 0.3) is 6.33 Å². The van der Waals surface area contributed by atoms with Crippen LogP contribution in [0.4, 0.5) is 24.1 Å². The van der Waals surface area contributed by atoms with Crippen LogP contribution in [-0.4, -0.2) is 78.0 Å². The fraction of sp³-hybridized carbons (Fsp3) is 0.320. The smallest absolute Gasteiger partial charge is 0.432 e. The molecule has 2 aromatic heterocycles. The molecule has 3 heterocycles. The number of hydrogen-bond acceptors (Lipinski definition) is 9. The van der Waals surface area contributed by atoms with E-state index in [1.165, 1.54) is 31.8 Å². The first-order valence-corrected chi connectivity index (χ1v) is 12.6. The molecule has 14 nitrogen and oxygen atoms in total. The summed E-state index contributed by atoms with van der Waals surface area (Å²) < 4.78 is 37.2. The summed E-state index contributed by atoms with van der Waals surface area (Å²) in [6, 6.07) is 8.35. The van der Waals surface area contributed by atoms with Gasteiger partial charge >= 0.3 is 18.5 Å². The van der Waals surface area contributed by atoms with Crippen molar-refractivity contribution >= 4 is 17.9 Å². The highest BCUT2D eigenvalue weighted by molar-refractivity contribution is 5.94. The Morgan fingerprint density at radius 2 is 1.90 bits per heavy atom. The summed E-state index contributed by atoms with van der Waals surface area (Å²) in [4.78, 5) is 33.1. The zero-order valence-electron chi connectivity index (χ0n) is 22.0. The van der Waals surface area contributed by atoms with Crippen LogP contribution in [0.5, 0.6) is 0 Å². The Hall–Kier alpha value is -4.99.